The van der Waals surface area contributed by atoms with E-state index in [1.807, 2.05) is 11.8 Å². The zero-order valence-corrected chi connectivity index (χ0v) is 14.9. The fraction of sp³-hybridized carbons (Fsp3) is 0.647. The summed E-state index contributed by atoms with van der Waals surface area (Å²) in [6.45, 7) is 3.34. The van der Waals surface area contributed by atoms with Crippen molar-refractivity contribution < 1.29 is 4.52 Å². The van der Waals surface area contributed by atoms with Crippen molar-refractivity contribution in [1.29, 1.82) is 0 Å². The van der Waals surface area contributed by atoms with E-state index in [1.165, 1.54) is 12.8 Å². The summed E-state index contributed by atoms with van der Waals surface area (Å²) in [6.07, 6.45) is 3.32. The van der Waals surface area contributed by atoms with Gasteiger partial charge in [0.15, 0.2) is 5.82 Å². The van der Waals surface area contributed by atoms with E-state index < -0.39 is 0 Å². The molecule has 0 bridgehead atoms. The van der Waals surface area contributed by atoms with Gasteiger partial charge in [0.2, 0.25) is 5.89 Å². The molecule has 25 heavy (non-hydrogen) atoms. The lowest BCUT2D eigenvalue weighted by atomic mass is 10.0. The molecule has 0 amide bonds. The van der Waals surface area contributed by atoms with E-state index in [1.54, 1.807) is 10.7 Å². The van der Waals surface area contributed by atoms with Gasteiger partial charge in [-0.3, -0.25) is 9.69 Å². The zero-order chi connectivity index (χ0) is 16.8. The van der Waals surface area contributed by atoms with Crippen LogP contribution in [0.4, 0.5) is 0 Å². The molecule has 0 atom stereocenters. The van der Waals surface area contributed by atoms with Gasteiger partial charge in [0.25, 0.3) is 5.56 Å². The highest BCUT2D eigenvalue weighted by Gasteiger charge is 2.32. The first-order chi connectivity index (χ1) is 12.2. The van der Waals surface area contributed by atoms with Crippen LogP contribution in [0.2, 0.25) is 0 Å². The van der Waals surface area contributed by atoms with Crippen LogP contribution in [-0.4, -0.2) is 43.7 Å². The lowest BCUT2D eigenvalue weighted by Crippen LogP contribution is -2.49. The van der Waals surface area contributed by atoms with Crippen molar-refractivity contribution in [2.75, 3.05) is 18.8 Å². The van der Waals surface area contributed by atoms with Crippen LogP contribution in [0.1, 0.15) is 41.7 Å². The number of nitrogens with zero attached hydrogens (tertiary/aromatic N) is 5. The summed E-state index contributed by atoms with van der Waals surface area (Å²) in [5.41, 5.74) is 2.26. The van der Waals surface area contributed by atoms with Crippen LogP contribution < -0.4 is 5.56 Å². The van der Waals surface area contributed by atoms with E-state index in [9.17, 15) is 4.79 Å². The SMILES string of the molecule is O=c1cc2c(nn1CC1CN(Cc3noc(C4CC4)n3)C1)CCSC2. The molecule has 2 aromatic rings. The van der Waals surface area contributed by atoms with Crippen molar-refractivity contribution in [2.45, 2.75) is 44.0 Å². The average molecular weight is 359 g/mol. The molecule has 5 rings (SSSR count). The molecule has 1 saturated heterocycles. The Hall–Kier alpha value is -1.67. The molecule has 132 valence electrons. The summed E-state index contributed by atoms with van der Waals surface area (Å²) in [5.74, 6) is 4.57. The number of aromatic nitrogens is 4. The fourth-order valence-electron chi connectivity index (χ4n) is 3.58. The van der Waals surface area contributed by atoms with E-state index in [-0.39, 0.29) is 5.56 Å². The van der Waals surface area contributed by atoms with E-state index in [0.29, 0.717) is 18.4 Å². The van der Waals surface area contributed by atoms with Crippen LogP contribution in [0.25, 0.3) is 0 Å². The molecule has 4 heterocycles. The molecule has 0 aromatic carbocycles. The van der Waals surface area contributed by atoms with Gasteiger partial charge in [0.1, 0.15) is 0 Å². The van der Waals surface area contributed by atoms with Crippen molar-refractivity contribution in [3.63, 3.8) is 0 Å². The molecule has 1 aliphatic carbocycles. The van der Waals surface area contributed by atoms with E-state index in [2.05, 4.69) is 20.1 Å². The first-order valence-electron chi connectivity index (χ1n) is 8.97. The van der Waals surface area contributed by atoms with Crippen LogP contribution in [0, 0.1) is 5.92 Å². The van der Waals surface area contributed by atoms with Crippen molar-refractivity contribution >= 4 is 11.8 Å². The molecule has 2 fully saturated rings. The highest BCUT2D eigenvalue weighted by molar-refractivity contribution is 7.98. The van der Waals surface area contributed by atoms with Crippen molar-refractivity contribution in [3.05, 3.63) is 39.4 Å². The van der Waals surface area contributed by atoms with E-state index in [4.69, 9.17) is 4.52 Å². The third kappa shape index (κ3) is 3.25. The molecular weight excluding hydrogens is 338 g/mol. The fourth-order valence-corrected chi connectivity index (χ4v) is 4.53. The van der Waals surface area contributed by atoms with Crippen LogP contribution in [-0.2, 0) is 25.3 Å². The Labute approximate surface area is 149 Å². The first kappa shape index (κ1) is 15.6. The van der Waals surface area contributed by atoms with Gasteiger partial charge >= 0.3 is 0 Å². The zero-order valence-electron chi connectivity index (χ0n) is 14.1. The lowest BCUT2D eigenvalue weighted by Gasteiger charge is -2.38. The molecule has 0 radical (unpaired) electrons. The third-order valence-electron chi connectivity index (χ3n) is 5.14. The molecule has 2 aliphatic heterocycles. The van der Waals surface area contributed by atoms with Gasteiger partial charge in [-0.1, -0.05) is 5.16 Å². The van der Waals surface area contributed by atoms with Crippen molar-refractivity contribution in [1.82, 2.24) is 24.8 Å². The van der Waals surface area contributed by atoms with Crippen LogP contribution >= 0.6 is 11.8 Å². The molecule has 0 N–H and O–H groups in total. The van der Waals surface area contributed by atoms with Gasteiger partial charge < -0.3 is 4.52 Å². The van der Waals surface area contributed by atoms with E-state index >= 15 is 0 Å². The molecule has 7 nitrogen and oxygen atoms in total. The second-order valence-corrected chi connectivity index (χ2v) is 8.43. The molecule has 0 unspecified atom stereocenters. The quantitative estimate of drug-likeness (QED) is 0.799. The first-order valence-corrected chi connectivity index (χ1v) is 10.1. The van der Waals surface area contributed by atoms with Crippen LogP contribution in [0.15, 0.2) is 15.4 Å². The number of hydrogen-bond donors (Lipinski definition) is 0. The maximum Gasteiger partial charge on any atom is 0.267 e. The molecule has 0 spiro atoms. The Bertz CT molecular complexity index is 838. The minimum atomic E-state index is 0.0342. The lowest BCUT2D eigenvalue weighted by molar-refractivity contribution is 0.0731. The predicted octanol–water partition coefficient (Wildman–Crippen LogP) is 1.42. The average Bonchev–Trinajstić information content (AvgIpc) is 3.33. The number of aryl methyl sites for hydroxylation is 1. The smallest absolute Gasteiger partial charge is 0.267 e. The monoisotopic (exact) mass is 359 g/mol. The van der Waals surface area contributed by atoms with Crippen LogP contribution in [0.3, 0.4) is 0 Å². The Kier molecular flexibility index (Phi) is 3.89. The van der Waals surface area contributed by atoms with Gasteiger partial charge in [-0.25, -0.2) is 4.68 Å². The summed E-state index contributed by atoms with van der Waals surface area (Å²) in [5, 5.41) is 8.68. The number of hydrogen-bond acceptors (Lipinski definition) is 7. The summed E-state index contributed by atoms with van der Waals surface area (Å²) in [6, 6.07) is 1.78. The summed E-state index contributed by atoms with van der Waals surface area (Å²) < 4.78 is 6.97. The summed E-state index contributed by atoms with van der Waals surface area (Å²) >= 11 is 1.88. The van der Waals surface area contributed by atoms with Crippen molar-refractivity contribution in [2.24, 2.45) is 5.92 Å². The Morgan fingerprint density at radius 2 is 2.20 bits per heavy atom. The molecule has 3 aliphatic rings. The van der Waals surface area contributed by atoms with Gasteiger partial charge in [-0.2, -0.15) is 21.8 Å². The maximum atomic E-state index is 12.3. The van der Waals surface area contributed by atoms with Gasteiger partial charge in [0, 0.05) is 43.2 Å². The minimum Gasteiger partial charge on any atom is -0.339 e. The number of rotatable bonds is 5. The summed E-state index contributed by atoms with van der Waals surface area (Å²) in [4.78, 5) is 19.0. The Morgan fingerprint density at radius 1 is 1.32 bits per heavy atom. The highest BCUT2D eigenvalue weighted by Crippen LogP contribution is 2.38. The van der Waals surface area contributed by atoms with E-state index in [0.717, 1.165) is 60.5 Å². The van der Waals surface area contributed by atoms with Gasteiger partial charge in [0.05, 0.1) is 18.8 Å². The Balaban J connectivity index is 1.17. The largest absolute Gasteiger partial charge is 0.339 e. The number of fused-ring (bicyclic) bond motifs is 1. The maximum absolute atomic E-state index is 12.3. The summed E-state index contributed by atoms with van der Waals surface area (Å²) in [7, 11) is 0. The standard InChI is InChI=1S/C17H21N5O2S/c23-16-5-13-10-25-4-3-14(13)19-22(16)8-11-6-21(7-11)9-15-18-17(24-20-15)12-1-2-12/h5,11-12H,1-4,6-10H2. The van der Waals surface area contributed by atoms with Crippen molar-refractivity contribution in [3.8, 4) is 0 Å². The molecule has 8 heteroatoms. The predicted molar refractivity (Wildman–Crippen MR) is 93.4 cm³/mol. The molecule has 2 aromatic heterocycles. The Morgan fingerprint density at radius 3 is 3.04 bits per heavy atom. The van der Waals surface area contributed by atoms with Crippen LogP contribution in [0.5, 0.6) is 0 Å². The number of likely N-dealkylation sites (tertiary alicyclic amines) is 1. The number of thioether (sulfide) groups is 1. The highest BCUT2D eigenvalue weighted by atomic mass is 32.2. The third-order valence-corrected chi connectivity index (χ3v) is 6.15. The van der Waals surface area contributed by atoms with Gasteiger partial charge in [-0.15, -0.1) is 0 Å². The normalized spacial score (nSPS) is 21.1. The minimum absolute atomic E-state index is 0.0342. The molecular formula is C17H21N5O2S. The van der Waals surface area contributed by atoms with Gasteiger partial charge in [-0.05, 0) is 24.2 Å². The topological polar surface area (TPSA) is 77.0 Å². The second-order valence-electron chi connectivity index (χ2n) is 7.32. The second kappa shape index (κ2) is 6.25. The molecule has 1 saturated carbocycles.